The molecule has 1 aromatic carbocycles. The van der Waals surface area contributed by atoms with Crippen molar-refractivity contribution in [1.82, 2.24) is 19.9 Å². The lowest BCUT2D eigenvalue weighted by atomic mass is 10.1. The number of rotatable bonds is 10. The maximum absolute atomic E-state index is 15.7. The molecule has 0 amide bonds. The van der Waals surface area contributed by atoms with Crippen molar-refractivity contribution < 1.29 is 32.2 Å². The zero-order valence-electron chi connectivity index (χ0n) is 24.1. The minimum Gasteiger partial charge on any atom is -0.480 e. The average Bonchev–Trinajstić information content (AvgIpc) is 3.59. The van der Waals surface area contributed by atoms with Crippen LogP contribution in [-0.4, -0.2) is 69.3 Å². The second-order valence-corrected chi connectivity index (χ2v) is 12.1. The molecule has 0 saturated carbocycles. The van der Waals surface area contributed by atoms with E-state index in [9.17, 15) is 18.0 Å². The number of hydrogen-bond acceptors (Lipinski definition) is 9. The second-order valence-electron chi connectivity index (χ2n) is 10.6. The van der Waals surface area contributed by atoms with Gasteiger partial charge in [-0.2, -0.15) is 17.6 Å². The number of carboxylic acid groups (broad SMARTS) is 1. The molecule has 248 valence electrons. The van der Waals surface area contributed by atoms with Crippen LogP contribution in [0.5, 0.6) is 0 Å². The largest absolute Gasteiger partial charge is 0.480 e. The van der Waals surface area contributed by atoms with Crippen LogP contribution >= 0.6 is 47.8 Å². The first-order valence-electron chi connectivity index (χ1n) is 14.0. The number of likely N-dealkylation sites (tertiary alicyclic amines) is 1. The van der Waals surface area contributed by atoms with E-state index in [0.717, 1.165) is 42.8 Å². The number of benzene rings is 1. The van der Waals surface area contributed by atoms with E-state index in [0.29, 0.717) is 44.2 Å². The van der Waals surface area contributed by atoms with Crippen molar-refractivity contribution in [2.24, 2.45) is 0 Å². The van der Waals surface area contributed by atoms with Crippen LogP contribution in [-0.2, 0) is 22.3 Å². The molecule has 0 aliphatic carbocycles. The molecular formula is C28H33Cl3F4N6O3S. The summed E-state index contributed by atoms with van der Waals surface area (Å²) in [6, 6.07) is 3.72. The second kappa shape index (κ2) is 15.9. The van der Waals surface area contributed by atoms with Crippen molar-refractivity contribution in [1.29, 1.82) is 0 Å². The third-order valence-corrected chi connectivity index (χ3v) is 8.87. The average molecular weight is 716 g/mol. The molecule has 2 aliphatic heterocycles. The van der Waals surface area contributed by atoms with Gasteiger partial charge in [-0.05, 0) is 56.8 Å². The zero-order chi connectivity index (χ0) is 30.7. The number of halogens is 7. The molecular weight excluding hydrogens is 683 g/mol. The molecule has 0 radical (unpaired) electrons. The molecule has 2 aromatic heterocycles. The van der Waals surface area contributed by atoms with Crippen molar-refractivity contribution in [3.8, 4) is 11.3 Å². The van der Waals surface area contributed by atoms with Gasteiger partial charge in [0.05, 0.1) is 17.4 Å². The van der Waals surface area contributed by atoms with Crippen LogP contribution in [0.2, 0.25) is 5.02 Å². The molecule has 0 bridgehead atoms. The fourth-order valence-electron chi connectivity index (χ4n) is 5.57. The van der Waals surface area contributed by atoms with E-state index in [1.807, 2.05) is 0 Å². The summed E-state index contributed by atoms with van der Waals surface area (Å²) in [6.07, 6.45) is 0.443. The number of nitrogens with one attached hydrogen (secondary N) is 1. The van der Waals surface area contributed by atoms with E-state index in [2.05, 4.69) is 32.1 Å². The highest BCUT2D eigenvalue weighted by molar-refractivity contribution is 7.16. The Bertz CT molecular complexity index is 1460. The van der Waals surface area contributed by atoms with E-state index in [4.69, 9.17) is 21.4 Å². The van der Waals surface area contributed by atoms with Gasteiger partial charge in [-0.25, -0.2) is 19.7 Å². The van der Waals surface area contributed by atoms with Crippen molar-refractivity contribution in [3.63, 3.8) is 0 Å². The predicted octanol–water partition coefficient (Wildman–Crippen LogP) is 7.44. The van der Waals surface area contributed by atoms with Gasteiger partial charge < -0.3 is 20.1 Å². The number of alkyl halides is 3. The van der Waals surface area contributed by atoms with Crippen molar-refractivity contribution >= 4 is 70.5 Å². The van der Waals surface area contributed by atoms with Crippen LogP contribution in [0, 0.1) is 5.82 Å². The molecule has 2 saturated heterocycles. The van der Waals surface area contributed by atoms with Crippen LogP contribution in [0.25, 0.3) is 11.3 Å². The normalized spacial score (nSPS) is 17.6. The molecule has 17 heteroatoms. The smallest absolute Gasteiger partial charge is 0.416 e. The number of aliphatic carboxylic acids is 1. The maximum atomic E-state index is 15.7. The Labute approximate surface area is 279 Å². The number of anilines is 3. The van der Waals surface area contributed by atoms with Gasteiger partial charge >= 0.3 is 12.1 Å². The summed E-state index contributed by atoms with van der Waals surface area (Å²) in [4.78, 5) is 28.3. The predicted molar refractivity (Wildman–Crippen MR) is 170 cm³/mol. The van der Waals surface area contributed by atoms with Gasteiger partial charge in [0.25, 0.3) is 0 Å². The number of thiazole rings is 1. The van der Waals surface area contributed by atoms with Gasteiger partial charge in [-0.1, -0.05) is 29.9 Å². The minimum absolute atomic E-state index is 0. The first kappa shape index (κ1) is 37.0. The van der Waals surface area contributed by atoms with Gasteiger partial charge in [0.2, 0.25) is 5.82 Å². The van der Waals surface area contributed by atoms with E-state index >= 15 is 4.39 Å². The number of piperidine rings is 1. The monoisotopic (exact) mass is 714 g/mol. The van der Waals surface area contributed by atoms with E-state index in [1.54, 1.807) is 4.90 Å². The van der Waals surface area contributed by atoms with E-state index in [1.165, 1.54) is 23.7 Å². The van der Waals surface area contributed by atoms with E-state index < -0.39 is 23.5 Å². The van der Waals surface area contributed by atoms with Crippen molar-refractivity contribution in [3.05, 3.63) is 45.8 Å². The van der Waals surface area contributed by atoms with Crippen LogP contribution in [0.15, 0.2) is 24.5 Å². The van der Waals surface area contributed by atoms with Crippen LogP contribution in [0.1, 0.15) is 49.5 Å². The molecule has 1 atom stereocenters. The molecule has 5 rings (SSSR count). The number of carboxylic acids is 1. The zero-order valence-corrected chi connectivity index (χ0v) is 27.4. The molecule has 2 N–H and O–H groups in total. The molecule has 2 fully saturated rings. The van der Waals surface area contributed by atoms with Crippen LogP contribution in [0.3, 0.4) is 0 Å². The Morgan fingerprint density at radius 3 is 2.56 bits per heavy atom. The lowest BCUT2D eigenvalue weighted by Gasteiger charge is -2.32. The highest BCUT2D eigenvalue weighted by Gasteiger charge is 2.32. The summed E-state index contributed by atoms with van der Waals surface area (Å²) < 4.78 is 61.9. The number of carbonyl (C=O) groups is 1. The number of aromatic nitrogens is 3. The van der Waals surface area contributed by atoms with Gasteiger partial charge in [-0.3, -0.25) is 4.90 Å². The van der Waals surface area contributed by atoms with Gasteiger partial charge in [0, 0.05) is 41.1 Å². The number of ether oxygens (including phenoxy) is 1. The summed E-state index contributed by atoms with van der Waals surface area (Å²) in [5, 5.41) is 12.0. The van der Waals surface area contributed by atoms with Crippen LogP contribution in [0.4, 0.5) is 34.3 Å². The minimum atomic E-state index is -4.59. The first-order valence-corrected chi connectivity index (χ1v) is 15.2. The molecule has 9 nitrogen and oxygen atoms in total. The molecule has 4 heterocycles. The molecule has 45 heavy (non-hydrogen) atoms. The maximum Gasteiger partial charge on any atom is 0.416 e. The van der Waals surface area contributed by atoms with Gasteiger partial charge in [0.1, 0.15) is 12.9 Å². The molecule has 0 unspecified atom stereocenters. The highest BCUT2D eigenvalue weighted by atomic mass is 35.5. The quantitative estimate of drug-likeness (QED) is 0.207. The summed E-state index contributed by atoms with van der Waals surface area (Å²) in [6.45, 7) is 3.89. The van der Waals surface area contributed by atoms with Crippen molar-refractivity contribution in [2.75, 3.05) is 36.5 Å². The number of nitrogens with zero attached hydrogens (tertiary/aromatic N) is 5. The van der Waals surface area contributed by atoms with E-state index in [-0.39, 0.29) is 64.9 Å². The summed E-state index contributed by atoms with van der Waals surface area (Å²) in [5.74, 6) is -1.77. The summed E-state index contributed by atoms with van der Waals surface area (Å²) >= 11 is 7.34. The topological polar surface area (TPSA) is 104 Å². The lowest BCUT2D eigenvalue weighted by molar-refractivity contribution is -0.144. The van der Waals surface area contributed by atoms with Gasteiger partial charge in [-0.15, -0.1) is 24.8 Å². The summed E-state index contributed by atoms with van der Waals surface area (Å²) in [5.41, 5.74) is -0.303. The lowest BCUT2D eigenvalue weighted by Crippen LogP contribution is -2.38. The Kier molecular flexibility index (Phi) is 13.0. The Hall–Kier alpha value is -2.49. The first-order chi connectivity index (χ1) is 20.5. The summed E-state index contributed by atoms with van der Waals surface area (Å²) in [7, 11) is 0. The molecule has 3 aromatic rings. The SMILES string of the molecule is CC[C@@H]1CCCN1Cc1sc(Nc2ncnc(N3CCC(OCC(=O)O)CC3)c2F)nc1-c1cc(Cl)cc(C(F)(F)F)c1.Cl.Cl. The molecule has 2 aliphatic rings. The fraction of sp³-hybridized carbons (Fsp3) is 0.500. The fourth-order valence-corrected chi connectivity index (χ4v) is 6.81. The van der Waals surface area contributed by atoms with Crippen molar-refractivity contribution in [2.45, 2.75) is 63.9 Å². The standard InChI is InChI=1S/C28H31ClF4N6O3S.2ClH/c1-2-19-4-3-7-39(19)13-21-24(16-10-17(28(31,32)33)12-18(29)11-16)36-27(43-21)37-25-23(30)26(35-15-34-25)38-8-5-20(6-9-38)42-14-22(40)41;;/h10-12,15,19-20H,2-9,13-14H2,1H3,(H,40,41)(H,34,35,36,37);2*1H/t19-;;/m1../s1. The Morgan fingerprint density at radius 1 is 1.16 bits per heavy atom. The van der Waals surface area contributed by atoms with Crippen LogP contribution < -0.4 is 10.2 Å². The Balaban J connectivity index is 0.00000276. The Morgan fingerprint density at radius 2 is 1.89 bits per heavy atom. The highest BCUT2D eigenvalue weighted by Crippen LogP contribution is 2.40. The number of hydrogen-bond donors (Lipinski definition) is 2. The molecule has 0 spiro atoms. The van der Waals surface area contributed by atoms with Gasteiger partial charge in [0.15, 0.2) is 16.8 Å². The third kappa shape index (κ3) is 9.07. The third-order valence-electron chi connectivity index (χ3n) is 7.69.